The van der Waals surface area contributed by atoms with Crippen molar-refractivity contribution >= 4 is 15.9 Å². The van der Waals surface area contributed by atoms with Crippen molar-refractivity contribution in [2.24, 2.45) is 11.7 Å². The Labute approximate surface area is 127 Å². The number of carbonyl (C=O) groups is 1. The lowest BCUT2D eigenvalue weighted by Gasteiger charge is -2.35. The van der Waals surface area contributed by atoms with Crippen LogP contribution in [0.3, 0.4) is 0 Å². The first-order valence-electron chi connectivity index (χ1n) is 8.02. The van der Waals surface area contributed by atoms with Crippen molar-refractivity contribution in [2.45, 2.75) is 50.2 Å². The highest BCUT2D eigenvalue weighted by molar-refractivity contribution is 7.89. The monoisotopic (exact) mass is 317 g/mol. The molecule has 0 aromatic heterocycles. The highest BCUT2D eigenvalue weighted by Gasteiger charge is 2.37. The maximum atomic E-state index is 12.7. The van der Waals surface area contributed by atoms with Gasteiger partial charge in [0.05, 0.1) is 11.2 Å². The average Bonchev–Trinajstić information content (AvgIpc) is 2.53. The normalized spacial score (nSPS) is 25.7. The van der Waals surface area contributed by atoms with Gasteiger partial charge < -0.3 is 11.1 Å². The lowest BCUT2D eigenvalue weighted by Crippen LogP contribution is -2.48. The third-order valence-electron chi connectivity index (χ3n) is 4.53. The van der Waals surface area contributed by atoms with Crippen LogP contribution in [-0.2, 0) is 14.8 Å². The fourth-order valence-corrected chi connectivity index (χ4v) is 5.42. The Balaban J connectivity index is 1.97. The molecule has 3 N–H and O–H groups in total. The maximum absolute atomic E-state index is 12.7. The summed E-state index contributed by atoms with van der Waals surface area (Å²) in [5.41, 5.74) is 5.38. The van der Waals surface area contributed by atoms with Gasteiger partial charge in [-0.15, -0.1) is 0 Å². The maximum Gasteiger partial charge on any atom is 0.224 e. The molecule has 7 heteroatoms. The molecule has 0 radical (unpaired) electrons. The number of nitrogens with one attached hydrogen (secondary N) is 1. The molecule has 21 heavy (non-hydrogen) atoms. The molecule has 1 heterocycles. The molecule has 1 aliphatic heterocycles. The standard InChI is InChI=1S/C14H27N3O3S/c15-8-9-16-14(18)12-5-4-10-17(11-12)21(19,20)13-6-2-1-3-7-13/h12-13H,1-11,15H2,(H,16,18). The third kappa shape index (κ3) is 4.17. The van der Waals surface area contributed by atoms with Gasteiger partial charge in [0.1, 0.15) is 0 Å². The summed E-state index contributed by atoms with van der Waals surface area (Å²) in [6, 6.07) is 0. The van der Waals surface area contributed by atoms with Gasteiger partial charge in [-0.3, -0.25) is 4.79 Å². The van der Waals surface area contributed by atoms with E-state index < -0.39 is 10.0 Å². The molecule has 1 atom stereocenters. The van der Waals surface area contributed by atoms with Gasteiger partial charge in [-0.2, -0.15) is 0 Å². The third-order valence-corrected chi connectivity index (χ3v) is 6.90. The van der Waals surface area contributed by atoms with E-state index in [0.29, 0.717) is 26.2 Å². The molecule has 0 aromatic carbocycles. The molecule has 0 spiro atoms. The number of nitrogens with zero attached hydrogens (tertiary/aromatic N) is 1. The Morgan fingerprint density at radius 3 is 2.52 bits per heavy atom. The van der Waals surface area contributed by atoms with Gasteiger partial charge in [0, 0.05) is 26.2 Å². The molecule has 1 unspecified atom stereocenters. The van der Waals surface area contributed by atoms with E-state index in [1.165, 1.54) is 0 Å². The predicted octanol–water partition coefficient (Wildman–Crippen LogP) is 0.436. The number of hydrogen-bond donors (Lipinski definition) is 2. The van der Waals surface area contributed by atoms with Crippen molar-refractivity contribution in [2.75, 3.05) is 26.2 Å². The van der Waals surface area contributed by atoms with E-state index in [-0.39, 0.29) is 17.1 Å². The zero-order valence-electron chi connectivity index (χ0n) is 12.6. The predicted molar refractivity (Wildman–Crippen MR) is 82.2 cm³/mol. The van der Waals surface area contributed by atoms with Crippen LogP contribution < -0.4 is 11.1 Å². The second kappa shape index (κ2) is 7.56. The van der Waals surface area contributed by atoms with E-state index in [2.05, 4.69) is 5.32 Å². The van der Waals surface area contributed by atoms with E-state index in [0.717, 1.165) is 44.9 Å². The van der Waals surface area contributed by atoms with Crippen LogP contribution in [0.25, 0.3) is 0 Å². The molecule has 122 valence electrons. The lowest BCUT2D eigenvalue weighted by molar-refractivity contribution is -0.126. The van der Waals surface area contributed by atoms with Crippen LogP contribution in [0.15, 0.2) is 0 Å². The second-order valence-electron chi connectivity index (χ2n) is 6.08. The fraction of sp³-hybridized carbons (Fsp3) is 0.929. The van der Waals surface area contributed by atoms with Crippen LogP contribution >= 0.6 is 0 Å². The lowest BCUT2D eigenvalue weighted by atomic mass is 9.99. The highest BCUT2D eigenvalue weighted by atomic mass is 32.2. The van der Waals surface area contributed by atoms with Gasteiger partial charge in [0.15, 0.2) is 0 Å². The summed E-state index contributed by atoms with van der Waals surface area (Å²) in [6.07, 6.45) is 6.18. The number of sulfonamides is 1. The zero-order valence-corrected chi connectivity index (χ0v) is 13.4. The van der Waals surface area contributed by atoms with Crippen LogP contribution in [0.1, 0.15) is 44.9 Å². The van der Waals surface area contributed by atoms with Crippen molar-refractivity contribution in [3.05, 3.63) is 0 Å². The molecular weight excluding hydrogens is 290 g/mol. The summed E-state index contributed by atoms with van der Waals surface area (Å²) >= 11 is 0. The van der Waals surface area contributed by atoms with Crippen LogP contribution in [0, 0.1) is 5.92 Å². The van der Waals surface area contributed by atoms with Crippen molar-refractivity contribution in [1.82, 2.24) is 9.62 Å². The molecule has 6 nitrogen and oxygen atoms in total. The summed E-state index contributed by atoms with van der Waals surface area (Å²) in [5, 5.41) is 2.53. The first-order chi connectivity index (χ1) is 10.1. The topological polar surface area (TPSA) is 92.5 Å². The molecular formula is C14H27N3O3S. The molecule has 2 fully saturated rings. The Morgan fingerprint density at radius 1 is 1.14 bits per heavy atom. The molecule has 1 aliphatic carbocycles. The van der Waals surface area contributed by atoms with E-state index >= 15 is 0 Å². The smallest absolute Gasteiger partial charge is 0.224 e. The van der Waals surface area contributed by atoms with Crippen LogP contribution in [-0.4, -0.2) is 50.1 Å². The van der Waals surface area contributed by atoms with Crippen LogP contribution in [0.2, 0.25) is 0 Å². The summed E-state index contributed by atoms with van der Waals surface area (Å²) < 4.78 is 26.9. The van der Waals surface area contributed by atoms with Crippen LogP contribution in [0.4, 0.5) is 0 Å². The summed E-state index contributed by atoms with van der Waals surface area (Å²) in [6.45, 7) is 1.74. The summed E-state index contributed by atoms with van der Waals surface area (Å²) in [4.78, 5) is 12.0. The minimum Gasteiger partial charge on any atom is -0.355 e. The molecule has 2 aliphatic rings. The Morgan fingerprint density at radius 2 is 1.86 bits per heavy atom. The molecule has 1 saturated carbocycles. The first-order valence-corrected chi connectivity index (χ1v) is 9.52. The first kappa shape index (κ1) is 16.7. The Bertz CT molecular complexity index is 446. The van der Waals surface area contributed by atoms with E-state index in [4.69, 9.17) is 5.73 Å². The van der Waals surface area contributed by atoms with E-state index in [1.807, 2.05) is 0 Å². The zero-order chi connectivity index (χ0) is 15.3. The van der Waals surface area contributed by atoms with Gasteiger partial charge in [-0.05, 0) is 25.7 Å². The van der Waals surface area contributed by atoms with Gasteiger partial charge in [-0.1, -0.05) is 19.3 Å². The van der Waals surface area contributed by atoms with Crippen molar-refractivity contribution in [3.63, 3.8) is 0 Å². The second-order valence-corrected chi connectivity index (χ2v) is 8.29. The van der Waals surface area contributed by atoms with Gasteiger partial charge in [0.25, 0.3) is 0 Å². The average molecular weight is 317 g/mol. The van der Waals surface area contributed by atoms with Crippen molar-refractivity contribution < 1.29 is 13.2 Å². The highest BCUT2D eigenvalue weighted by Crippen LogP contribution is 2.29. The van der Waals surface area contributed by atoms with Crippen LogP contribution in [0.5, 0.6) is 0 Å². The molecule has 1 amide bonds. The Hall–Kier alpha value is -0.660. The van der Waals surface area contributed by atoms with Gasteiger partial charge in [-0.25, -0.2) is 12.7 Å². The summed E-state index contributed by atoms with van der Waals surface area (Å²) in [7, 11) is -3.24. The molecule has 2 rings (SSSR count). The van der Waals surface area contributed by atoms with E-state index in [9.17, 15) is 13.2 Å². The number of hydrogen-bond acceptors (Lipinski definition) is 4. The number of amides is 1. The SMILES string of the molecule is NCCNC(=O)C1CCCN(S(=O)(=O)C2CCCCC2)C1. The minimum absolute atomic E-state index is 0.0657. The Kier molecular flexibility index (Phi) is 6.01. The fourth-order valence-electron chi connectivity index (χ4n) is 3.30. The number of piperidine rings is 1. The van der Waals surface area contributed by atoms with Crippen molar-refractivity contribution in [3.8, 4) is 0 Å². The number of nitrogens with two attached hydrogens (primary N) is 1. The van der Waals surface area contributed by atoms with Crippen molar-refractivity contribution in [1.29, 1.82) is 0 Å². The van der Waals surface area contributed by atoms with E-state index in [1.54, 1.807) is 4.31 Å². The summed E-state index contributed by atoms with van der Waals surface area (Å²) in [5.74, 6) is -0.298. The number of carbonyl (C=O) groups excluding carboxylic acids is 1. The quantitative estimate of drug-likeness (QED) is 0.769. The van der Waals surface area contributed by atoms with Gasteiger partial charge in [0.2, 0.25) is 15.9 Å². The largest absolute Gasteiger partial charge is 0.355 e. The molecule has 0 bridgehead atoms. The van der Waals surface area contributed by atoms with Gasteiger partial charge >= 0.3 is 0 Å². The molecule has 1 saturated heterocycles. The molecule has 0 aromatic rings. The number of rotatable bonds is 5. The minimum atomic E-state index is -3.24.